The Morgan fingerprint density at radius 2 is 0.814 bits per heavy atom. The van der Waals surface area contributed by atoms with Crippen LogP contribution in [0.3, 0.4) is 0 Å². The molecule has 0 bridgehead atoms. The van der Waals surface area contributed by atoms with E-state index < -0.39 is 0 Å². The zero-order valence-electron chi connectivity index (χ0n) is 39.6. The van der Waals surface area contributed by atoms with Gasteiger partial charge in [-0.05, 0) is 145 Å². The summed E-state index contributed by atoms with van der Waals surface area (Å²) >= 11 is 0. The number of hydrogen-bond acceptors (Lipinski definition) is 10. The molecule has 9 aromatic carbocycles. The predicted molar refractivity (Wildman–Crippen MR) is 280 cm³/mol. The fraction of sp³-hybridized carbons (Fsp3) is 0.103. The second-order valence-corrected chi connectivity index (χ2v) is 16.4. The summed E-state index contributed by atoms with van der Waals surface area (Å²) in [7, 11) is 8.23. The first kappa shape index (κ1) is 46.0. The maximum absolute atomic E-state index is 14.1. The summed E-state index contributed by atoms with van der Waals surface area (Å²) < 4.78 is 16.5. The van der Waals surface area contributed by atoms with Crippen LogP contribution in [0, 0.1) is 6.92 Å². The highest BCUT2D eigenvalue weighted by atomic mass is 16.5. The van der Waals surface area contributed by atoms with Crippen molar-refractivity contribution in [1.82, 2.24) is 0 Å². The van der Waals surface area contributed by atoms with Gasteiger partial charge < -0.3 is 28.9 Å². The van der Waals surface area contributed by atoms with Crippen molar-refractivity contribution in [2.45, 2.75) is 6.92 Å². The van der Waals surface area contributed by atoms with Crippen molar-refractivity contribution in [3.05, 3.63) is 205 Å². The molecule has 0 saturated heterocycles. The summed E-state index contributed by atoms with van der Waals surface area (Å²) in [6.07, 6.45) is 0. The number of amides is 2. The Morgan fingerprint density at radius 1 is 0.414 bits per heavy atom. The molecule has 346 valence electrons. The normalized spacial score (nSPS) is 11.3. The smallest absolute Gasteiger partial charge is 0.261 e. The summed E-state index contributed by atoms with van der Waals surface area (Å²) in [5.41, 5.74) is 8.11. The number of hydrogen-bond donors (Lipinski definition) is 0. The van der Waals surface area contributed by atoms with Gasteiger partial charge in [-0.3, -0.25) is 9.59 Å². The standard InChI is InChI=1S/C58H49N7O5/c1-38-52(57(66)63(2)43-28-32-48(68-4)33-29-43)36-39-14-10-12-18-50(39)54(38)61-59-41-20-24-46(25-21-41)65(45-16-8-7-9-17-45)47-26-22-42(23-27-47)60-62-55-51-19-13-11-15-40(51)37-53(56(55)70-6)58(67)64(3)44-30-34-49(69-5)35-31-44/h7-37H,1-6H3. The molecule has 70 heavy (non-hydrogen) atoms. The quantitative estimate of drug-likeness (QED) is 0.100. The minimum Gasteiger partial charge on any atom is -0.497 e. The third-order valence-electron chi connectivity index (χ3n) is 12.2. The number of ether oxygens (including phenoxy) is 3. The second kappa shape index (κ2) is 20.4. The van der Waals surface area contributed by atoms with E-state index in [0.717, 1.165) is 49.9 Å². The van der Waals surface area contributed by atoms with Crippen LogP contribution < -0.4 is 28.9 Å². The second-order valence-electron chi connectivity index (χ2n) is 16.4. The molecule has 12 heteroatoms. The number of methoxy groups -OCH3 is 3. The van der Waals surface area contributed by atoms with Crippen LogP contribution >= 0.6 is 0 Å². The minimum absolute atomic E-state index is 0.159. The molecule has 0 saturated carbocycles. The number of rotatable bonds is 14. The molecule has 0 fully saturated rings. The van der Waals surface area contributed by atoms with E-state index in [4.69, 9.17) is 29.6 Å². The van der Waals surface area contributed by atoms with E-state index in [1.54, 1.807) is 38.1 Å². The first-order valence-electron chi connectivity index (χ1n) is 22.5. The van der Waals surface area contributed by atoms with Crippen LogP contribution in [0.25, 0.3) is 21.5 Å². The molecule has 0 spiro atoms. The van der Waals surface area contributed by atoms with Gasteiger partial charge in [0.15, 0.2) is 5.75 Å². The fourth-order valence-electron chi connectivity index (χ4n) is 8.34. The van der Waals surface area contributed by atoms with Crippen molar-refractivity contribution in [3.8, 4) is 17.2 Å². The SMILES string of the molecule is COc1ccc(N(C)C(=O)c2cc3ccccc3c(N=Nc3ccc(N(c4ccccc4)c4ccc(N=Nc5c(OC)c(C(=O)N(C)c6ccc(OC)cc6)cc6ccccc56)cc4)cc3)c2C)cc1. The molecule has 0 aliphatic heterocycles. The van der Waals surface area contributed by atoms with Gasteiger partial charge in [-0.15, -0.1) is 10.2 Å². The van der Waals surface area contributed by atoms with Gasteiger partial charge in [0.2, 0.25) is 0 Å². The van der Waals surface area contributed by atoms with Crippen molar-refractivity contribution in [2.75, 3.05) is 50.1 Å². The van der Waals surface area contributed by atoms with Gasteiger partial charge in [-0.25, -0.2) is 0 Å². The van der Waals surface area contributed by atoms with Crippen LogP contribution in [0.1, 0.15) is 26.3 Å². The van der Waals surface area contributed by atoms with Gasteiger partial charge >= 0.3 is 0 Å². The Kier molecular flexibility index (Phi) is 13.4. The average molecular weight is 924 g/mol. The molecule has 0 radical (unpaired) electrons. The number of para-hydroxylation sites is 1. The number of carbonyl (C=O) groups excluding carboxylic acids is 2. The Morgan fingerprint density at radius 3 is 1.30 bits per heavy atom. The Bertz CT molecular complexity index is 3400. The van der Waals surface area contributed by atoms with Gasteiger partial charge in [0.25, 0.3) is 11.8 Å². The molecular weight excluding hydrogens is 875 g/mol. The third-order valence-corrected chi connectivity index (χ3v) is 12.2. The van der Waals surface area contributed by atoms with Gasteiger partial charge in [-0.2, -0.15) is 10.2 Å². The lowest BCUT2D eigenvalue weighted by Gasteiger charge is -2.25. The van der Waals surface area contributed by atoms with Crippen molar-refractivity contribution >= 4 is 84.5 Å². The first-order valence-corrected chi connectivity index (χ1v) is 22.5. The molecule has 0 aliphatic rings. The molecule has 0 heterocycles. The van der Waals surface area contributed by atoms with Crippen LogP contribution in [0.2, 0.25) is 0 Å². The highest BCUT2D eigenvalue weighted by molar-refractivity contribution is 6.13. The zero-order chi connectivity index (χ0) is 48.7. The number of azo groups is 2. The van der Waals surface area contributed by atoms with Crippen LogP contribution in [0.4, 0.5) is 51.2 Å². The lowest BCUT2D eigenvalue weighted by Crippen LogP contribution is -2.26. The Balaban J connectivity index is 0.989. The Hall–Kier alpha value is -9.16. The van der Waals surface area contributed by atoms with Crippen LogP contribution in [0.15, 0.2) is 209 Å². The predicted octanol–water partition coefficient (Wildman–Crippen LogP) is 15.2. The van der Waals surface area contributed by atoms with Crippen LogP contribution in [0.5, 0.6) is 17.2 Å². The van der Waals surface area contributed by atoms with E-state index in [0.29, 0.717) is 56.8 Å². The summed E-state index contributed by atoms with van der Waals surface area (Å²) in [5, 5.41) is 22.3. The van der Waals surface area contributed by atoms with E-state index in [1.165, 1.54) is 7.11 Å². The number of carbonyl (C=O) groups is 2. The van der Waals surface area contributed by atoms with Crippen molar-refractivity contribution in [2.24, 2.45) is 20.5 Å². The summed E-state index contributed by atoms with van der Waals surface area (Å²) in [5.74, 6) is 1.31. The van der Waals surface area contributed by atoms with Crippen molar-refractivity contribution in [1.29, 1.82) is 0 Å². The van der Waals surface area contributed by atoms with Gasteiger partial charge in [0.05, 0.1) is 44.0 Å². The summed E-state index contributed by atoms with van der Waals surface area (Å²) in [6.45, 7) is 1.91. The van der Waals surface area contributed by atoms with Crippen LogP contribution in [-0.2, 0) is 0 Å². The molecule has 2 amide bonds. The average Bonchev–Trinajstić information content (AvgIpc) is 3.42. The highest BCUT2D eigenvalue weighted by Crippen LogP contribution is 2.42. The topological polar surface area (TPSA) is 121 Å². The van der Waals surface area contributed by atoms with Crippen LogP contribution in [-0.4, -0.2) is 47.2 Å². The molecular formula is C58H49N7O5. The molecule has 12 nitrogen and oxygen atoms in total. The zero-order valence-corrected chi connectivity index (χ0v) is 39.6. The molecule has 0 N–H and O–H groups in total. The van der Waals surface area contributed by atoms with E-state index in [9.17, 15) is 9.59 Å². The van der Waals surface area contributed by atoms with E-state index in [-0.39, 0.29) is 11.8 Å². The molecule has 9 aromatic rings. The van der Waals surface area contributed by atoms with Gasteiger partial charge in [-0.1, -0.05) is 66.7 Å². The van der Waals surface area contributed by atoms with Crippen molar-refractivity contribution in [3.63, 3.8) is 0 Å². The molecule has 0 unspecified atom stereocenters. The van der Waals surface area contributed by atoms with E-state index >= 15 is 0 Å². The third kappa shape index (κ3) is 9.38. The number of fused-ring (bicyclic) bond motifs is 2. The van der Waals surface area contributed by atoms with Gasteiger partial charge in [0, 0.05) is 58.9 Å². The number of anilines is 5. The Labute approximate surface area is 406 Å². The lowest BCUT2D eigenvalue weighted by molar-refractivity contribution is 0.0983. The molecule has 0 atom stereocenters. The summed E-state index contributed by atoms with van der Waals surface area (Å²) in [4.78, 5) is 33.4. The van der Waals surface area contributed by atoms with Crippen molar-refractivity contribution < 1.29 is 23.8 Å². The maximum Gasteiger partial charge on any atom is 0.261 e. The van der Waals surface area contributed by atoms with Gasteiger partial charge in [0.1, 0.15) is 17.2 Å². The molecule has 0 aromatic heterocycles. The largest absolute Gasteiger partial charge is 0.497 e. The molecule has 0 aliphatic carbocycles. The number of benzene rings is 9. The fourth-order valence-corrected chi connectivity index (χ4v) is 8.34. The number of nitrogens with zero attached hydrogens (tertiary/aromatic N) is 7. The van der Waals surface area contributed by atoms with E-state index in [1.807, 2.05) is 195 Å². The summed E-state index contributed by atoms with van der Waals surface area (Å²) in [6, 6.07) is 59.7. The monoisotopic (exact) mass is 923 g/mol. The van der Waals surface area contributed by atoms with E-state index in [2.05, 4.69) is 10.0 Å². The maximum atomic E-state index is 14.1. The molecule has 9 rings (SSSR count). The lowest BCUT2D eigenvalue weighted by atomic mass is 9.98. The minimum atomic E-state index is -0.261. The first-order chi connectivity index (χ1) is 34.1. The highest BCUT2D eigenvalue weighted by Gasteiger charge is 2.24.